The number of esters is 1. The summed E-state index contributed by atoms with van der Waals surface area (Å²) in [6.45, 7) is 0. The van der Waals surface area contributed by atoms with Gasteiger partial charge in [0.05, 0.1) is 13.0 Å². The fourth-order valence-electron chi connectivity index (χ4n) is 1.22. The summed E-state index contributed by atoms with van der Waals surface area (Å²) >= 11 is 0. The van der Waals surface area contributed by atoms with E-state index in [2.05, 4.69) is 4.74 Å². The fourth-order valence-corrected chi connectivity index (χ4v) is 1.22. The quantitative estimate of drug-likeness (QED) is 0.546. The monoisotopic (exact) mass is 173 g/mol. The summed E-state index contributed by atoms with van der Waals surface area (Å²) in [5.74, 6) is -1.97. The van der Waals surface area contributed by atoms with Crippen molar-refractivity contribution >= 4 is 11.9 Å². The molecule has 0 spiro atoms. The van der Waals surface area contributed by atoms with E-state index in [1.54, 1.807) is 0 Å². The SMILES string of the molecule is COC(=O)[C@@H]1C[C@H]1C(N)C(=O)O. The Bertz CT molecular complexity index is 215. The second-order valence-corrected chi connectivity index (χ2v) is 2.89. The Morgan fingerprint density at radius 3 is 2.67 bits per heavy atom. The van der Waals surface area contributed by atoms with Gasteiger partial charge in [0.1, 0.15) is 6.04 Å². The third kappa shape index (κ3) is 1.55. The van der Waals surface area contributed by atoms with Crippen LogP contribution in [-0.4, -0.2) is 30.2 Å². The first kappa shape index (κ1) is 8.99. The van der Waals surface area contributed by atoms with E-state index in [9.17, 15) is 9.59 Å². The van der Waals surface area contributed by atoms with E-state index in [0.29, 0.717) is 6.42 Å². The molecule has 0 saturated heterocycles. The van der Waals surface area contributed by atoms with Crippen molar-refractivity contribution in [2.45, 2.75) is 12.5 Å². The Morgan fingerprint density at radius 2 is 2.25 bits per heavy atom. The highest BCUT2D eigenvalue weighted by Crippen LogP contribution is 2.41. The lowest BCUT2D eigenvalue weighted by molar-refractivity contribution is -0.143. The van der Waals surface area contributed by atoms with E-state index >= 15 is 0 Å². The van der Waals surface area contributed by atoms with Gasteiger partial charge in [-0.1, -0.05) is 0 Å². The Labute approximate surface area is 69.5 Å². The first-order valence-electron chi connectivity index (χ1n) is 3.64. The highest BCUT2D eigenvalue weighted by atomic mass is 16.5. The maximum Gasteiger partial charge on any atom is 0.320 e. The lowest BCUT2D eigenvalue weighted by Crippen LogP contribution is -2.33. The number of carbonyl (C=O) groups excluding carboxylic acids is 1. The first-order valence-corrected chi connectivity index (χ1v) is 3.64. The van der Waals surface area contributed by atoms with Crippen LogP contribution in [0.25, 0.3) is 0 Å². The van der Waals surface area contributed by atoms with Crippen LogP contribution in [-0.2, 0) is 14.3 Å². The van der Waals surface area contributed by atoms with Crippen LogP contribution in [0.5, 0.6) is 0 Å². The van der Waals surface area contributed by atoms with Crippen LogP contribution in [0, 0.1) is 11.8 Å². The van der Waals surface area contributed by atoms with E-state index in [1.165, 1.54) is 7.11 Å². The molecule has 1 saturated carbocycles. The molecule has 3 N–H and O–H groups in total. The summed E-state index contributed by atoms with van der Waals surface area (Å²) in [5, 5.41) is 8.49. The topological polar surface area (TPSA) is 89.6 Å². The molecule has 1 fully saturated rings. The zero-order valence-corrected chi connectivity index (χ0v) is 6.69. The maximum absolute atomic E-state index is 10.8. The summed E-state index contributed by atoms with van der Waals surface area (Å²) in [5.41, 5.74) is 5.30. The summed E-state index contributed by atoms with van der Waals surface area (Å²) in [6.07, 6.45) is 0.528. The van der Waals surface area contributed by atoms with Crippen molar-refractivity contribution in [1.82, 2.24) is 0 Å². The molecular formula is C7H11NO4. The van der Waals surface area contributed by atoms with Gasteiger partial charge in [-0.15, -0.1) is 0 Å². The molecule has 0 heterocycles. The minimum atomic E-state index is -1.06. The first-order chi connectivity index (χ1) is 5.57. The molecule has 0 aromatic heterocycles. The van der Waals surface area contributed by atoms with Crippen LogP contribution in [0.1, 0.15) is 6.42 Å². The minimum absolute atomic E-state index is 0.241. The Balaban J connectivity index is 2.42. The number of hydrogen-bond donors (Lipinski definition) is 2. The number of ether oxygens (including phenoxy) is 1. The summed E-state index contributed by atoms with van der Waals surface area (Å²) in [7, 11) is 1.28. The van der Waals surface area contributed by atoms with E-state index in [-0.39, 0.29) is 17.8 Å². The molecule has 1 aliphatic rings. The number of nitrogens with two attached hydrogens (primary N) is 1. The average molecular weight is 173 g/mol. The van der Waals surface area contributed by atoms with Crippen molar-refractivity contribution in [1.29, 1.82) is 0 Å². The van der Waals surface area contributed by atoms with Crippen LogP contribution >= 0.6 is 0 Å². The summed E-state index contributed by atoms with van der Waals surface area (Å²) in [6, 6.07) is -0.936. The standard InChI is InChI=1S/C7H11NO4/c1-12-7(11)4-2-3(4)5(8)6(9)10/h3-5H,2,8H2,1H3,(H,9,10)/t3-,4-,5?/m1/s1. The number of carboxylic acid groups (broad SMARTS) is 1. The molecule has 0 bridgehead atoms. The number of rotatable bonds is 3. The van der Waals surface area contributed by atoms with Crippen molar-refractivity contribution in [3.63, 3.8) is 0 Å². The fraction of sp³-hybridized carbons (Fsp3) is 0.714. The molecule has 12 heavy (non-hydrogen) atoms. The minimum Gasteiger partial charge on any atom is -0.480 e. The number of methoxy groups -OCH3 is 1. The Hall–Kier alpha value is -1.10. The normalized spacial score (nSPS) is 29.2. The van der Waals surface area contributed by atoms with Gasteiger partial charge in [0.2, 0.25) is 0 Å². The lowest BCUT2D eigenvalue weighted by Gasteiger charge is -2.03. The van der Waals surface area contributed by atoms with Crippen molar-refractivity contribution in [3.8, 4) is 0 Å². The molecule has 3 atom stereocenters. The molecule has 68 valence electrons. The van der Waals surface area contributed by atoms with Crippen molar-refractivity contribution in [2.75, 3.05) is 7.11 Å². The second kappa shape index (κ2) is 3.10. The third-order valence-electron chi connectivity index (χ3n) is 2.09. The Morgan fingerprint density at radius 1 is 1.67 bits per heavy atom. The maximum atomic E-state index is 10.8. The molecule has 0 amide bonds. The highest BCUT2D eigenvalue weighted by Gasteiger charge is 2.49. The van der Waals surface area contributed by atoms with E-state index in [0.717, 1.165) is 0 Å². The van der Waals surface area contributed by atoms with Crippen molar-refractivity contribution < 1.29 is 19.4 Å². The molecule has 1 aliphatic carbocycles. The van der Waals surface area contributed by atoms with Gasteiger partial charge in [-0.25, -0.2) is 0 Å². The van der Waals surface area contributed by atoms with Crippen LogP contribution in [0.3, 0.4) is 0 Å². The predicted octanol–water partition coefficient (Wildman–Crippen LogP) is -0.793. The van der Waals surface area contributed by atoms with Gasteiger partial charge in [-0.3, -0.25) is 9.59 Å². The van der Waals surface area contributed by atoms with Crippen LogP contribution in [0.4, 0.5) is 0 Å². The summed E-state index contributed by atoms with van der Waals surface area (Å²) in [4.78, 5) is 21.2. The van der Waals surface area contributed by atoms with E-state index in [1.807, 2.05) is 0 Å². The zero-order chi connectivity index (χ0) is 9.30. The highest BCUT2D eigenvalue weighted by molar-refractivity contribution is 5.80. The molecule has 1 rings (SSSR count). The lowest BCUT2D eigenvalue weighted by atomic mass is 10.1. The smallest absolute Gasteiger partial charge is 0.320 e. The number of carboxylic acids is 1. The molecule has 0 radical (unpaired) electrons. The van der Waals surface area contributed by atoms with Gasteiger partial charge >= 0.3 is 11.9 Å². The largest absolute Gasteiger partial charge is 0.480 e. The van der Waals surface area contributed by atoms with Gasteiger partial charge in [0, 0.05) is 0 Å². The Kier molecular flexibility index (Phi) is 2.32. The zero-order valence-electron chi connectivity index (χ0n) is 6.69. The molecule has 5 heteroatoms. The van der Waals surface area contributed by atoms with Gasteiger partial charge in [0.15, 0.2) is 0 Å². The van der Waals surface area contributed by atoms with E-state index in [4.69, 9.17) is 10.8 Å². The predicted molar refractivity (Wildman–Crippen MR) is 39.2 cm³/mol. The number of hydrogen-bond acceptors (Lipinski definition) is 4. The molecule has 0 aromatic carbocycles. The molecule has 0 aliphatic heterocycles. The summed E-state index contributed by atoms with van der Waals surface area (Å²) < 4.78 is 4.45. The van der Waals surface area contributed by atoms with Gasteiger partial charge in [-0.05, 0) is 12.3 Å². The van der Waals surface area contributed by atoms with Crippen molar-refractivity contribution in [3.05, 3.63) is 0 Å². The van der Waals surface area contributed by atoms with Crippen LogP contribution < -0.4 is 5.73 Å². The second-order valence-electron chi connectivity index (χ2n) is 2.89. The molecular weight excluding hydrogens is 162 g/mol. The average Bonchev–Trinajstić information content (AvgIpc) is 2.80. The molecule has 5 nitrogen and oxygen atoms in total. The van der Waals surface area contributed by atoms with Gasteiger partial charge < -0.3 is 15.6 Å². The third-order valence-corrected chi connectivity index (χ3v) is 2.09. The molecule has 1 unspecified atom stereocenters. The van der Waals surface area contributed by atoms with Crippen LogP contribution in [0.15, 0.2) is 0 Å². The number of carbonyl (C=O) groups is 2. The van der Waals surface area contributed by atoms with Crippen molar-refractivity contribution in [2.24, 2.45) is 17.6 Å². The van der Waals surface area contributed by atoms with E-state index < -0.39 is 12.0 Å². The number of aliphatic carboxylic acids is 1. The molecule has 0 aromatic rings. The van der Waals surface area contributed by atoms with Crippen LogP contribution in [0.2, 0.25) is 0 Å². The van der Waals surface area contributed by atoms with Gasteiger partial charge in [-0.2, -0.15) is 0 Å². The van der Waals surface area contributed by atoms with Gasteiger partial charge in [0.25, 0.3) is 0 Å².